The Bertz CT molecular complexity index is 972. The minimum Gasteiger partial charge on any atom is -0.350 e. The fraction of sp³-hybridized carbons (Fsp3) is 0.111. The quantitative estimate of drug-likeness (QED) is 0.746. The van der Waals surface area contributed by atoms with Crippen molar-refractivity contribution in [3.63, 3.8) is 0 Å². The molecule has 3 aromatic rings. The maximum atomic E-state index is 13.7. The van der Waals surface area contributed by atoms with Crippen LogP contribution < -0.4 is 10.9 Å². The number of pyridine rings is 1. The maximum Gasteiger partial charge on any atom is 0.266 e. The molecule has 3 rings (SSSR count). The van der Waals surface area contributed by atoms with Gasteiger partial charge in [-0.15, -0.1) is 0 Å². The Morgan fingerprint density at radius 2 is 1.92 bits per heavy atom. The van der Waals surface area contributed by atoms with Crippen LogP contribution in [0.4, 0.5) is 4.39 Å². The van der Waals surface area contributed by atoms with Gasteiger partial charge in [0.1, 0.15) is 5.82 Å². The highest BCUT2D eigenvalue weighted by atomic mass is 35.5. The largest absolute Gasteiger partial charge is 0.350 e. The van der Waals surface area contributed by atoms with Crippen LogP contribution in [0.5, 0.6) is 0 Å². The summed E-state index contributed by atoms with van der Waals surface area (Å²) in [6, 6.07) is 10.6. The van der Waals surface area contributed by atoms with Gasteiger partial charge >= 0.3 is 0 Å². The average Bonchev–Trinajstić information content (AvgIpc) is 2.64. The number of carbonyl (C=O) groups excluding carboxylic acids is 1. The van der Waals surface area contributed by atoms with Crippen molar-refractivity contribution in [3.05, 3.63) is 81.6 Å². The number of hydrogen-bond acceptors (Lipinski definition) is 4. The number of nitrogens with zero attached hydrogens (tertiary/aromatic N) is 3. The van der Waals surface area contributed by atoms with Crippen LogP contribution in [0.2, 0.25) is 5.02 Å². The third-order valence-electron chi connectivity index (χ3n) is 3.64. The van der Waals surface area contributed by atoms with E-state index in [9.17, 15) is 14.0 Å². The molecule has 6 nitrogen and oxygen atoms in total. The zero-order valence-electron chi connectivity index (χ0n) is 13.5. The number of aromatic nitrogens is 3. The SMILES string of the molecule is O=C(NCCn1nc(-c2ccncc2)ccc1=O)c1c(F)cccc1Cl. The molecule has 26 heavy (non-hydrogen) atoms. The molecular formula is C18H14ClFN4O2. The summed E-state index contributed by atoms with van der Waals surface area (Å²) in [6.45, 7) is 0.228. The first-order valence-corrected chi connectivity index (χ1v) is 8.15. The molecule has 1 amide bonds. The lowest BCUT2D eigenvalue weighted by Gasteiger charge is -2.09. The Morgan fingerprint density at radius 1 is 1.15 bits per heavy atom. The minimum absolute atomic E-state index is 0.0254. The molecule has 0 aliphatic heterocycles. The van der Waals surface area contributed by atoms with Crippen LogP contribution in [0.25, 0.3) is 11.3 Å². The van der Waals surface area contributed by atoms with Crippen molar-refractivity contribution in [1.82, 2.24) is 20.1 Å². The molecule has 0 saturated carbocycles. The van der Waals surface area contributed by atoms with E-state index < -0.39 is 11.7 Å². The maximum absolute atomic E-state index is 13.7. The van der Waals surface area contributed by atoms with Gasteiger partial charge in [-0.2, -0.15) is 5.10 Å². The summed E-state index contributed by atoms with van der Waals surface area (Å²) in [4.78, 5) is 28.0. The van der Waals surface area contributed by atoms with Gasteiger partial charge in [-0.1, -0.05) is 17.7 Å². The topological polar surface area (TPSA) is 76.9 Å². The van der Waals surface area contributed by atoms with E-state index in [0.29, 0.717) is 5.69 Å². The van der Waals surface area contributed by atoms with Crippen LogP contribution in [0, 0.1) is 5.82 Å². The standard InChI is InChI=1S/C18H14ClFN4O2/c19-13-2-1-3-14(20)17(13)18(26)22-10-11-24-16(25)5-4-15(23-24)12-6-8-21-9-7-12/h1-9H,10-11H2,(H,22,26). The molecule has 0 fully saturated rings. The fourth-order valence-electron chi connectivity index (χ4n) is 2.36. The smallest absolute Gasteiger partial charge is 0.266 e. The summed E-state index contributed by atoms with van der Waals surface area (Å²) in [5.41, 5.74) is 0.896. The Labute approximate surface area is 153 Å². The Kier molecular flexibility index (Phi) is 5.38. The van der Waals surface area contributed by atoms with E-state index in [4.69, 9.17) is 11.6 Å². The molecule has 8 heteroatoms. The lowest BCUT2D eigenvalue weighted by atomic mass is 10.2. The van der Waals surface area contributed by atoms with Crippen LogP contribution in [0.15, 0.2) is 59.7 Å². The summed E-state index contributed by atoms with van der Waals surface area (Å²) >= 11 is 5.86. The summed E-state index contributed by atoms with van der Waals surface area (Å²) in [5.74, 6) is -1.35. The van der Waals surface area contributed by atoms with Crippen LogP contribution in [-0.4, -0.2) is 27.2 Å². The predicted molar refractivity (Wildman–Crippen MR) is 95.5 cm³/mol. The lowest BCUT2D eigenvalue weighted by Crippen LogP contribution is -2.32. The molecule has 0 aliphatic carbocycles. The van der Waals surface area contributed by atoms with Crippen LogP contribution in [0.3, 0.4) is 0 Å². The molecule has 0 bridgehead atoms. The van der Waals surface area contributed by atoms with E-state index in [1.807, 2.05) is 0 Å². The number of rotatable bonds is 5. The van der Waals surface area contributed by atoms with Crippen LogP contribution in [-0.2, 0) is 6.54 Å². The molecule has 0 atom stereocenters. The highest BCUT2D eigenvalue weighted by molar-refractivity contribution is 6.33. The summed E-state index contributed by atoms with van der Waals surface area (Å²) in [6.07, 6.45) is 3.26. The van der Waals surface area contributed by atoms with E-state index in [2.05, 4.69) is 15.4 Å². The Balaban J connectivity index is 1.70. The molecule has 0 saturated heterocycles. The first-order valence-electron chi connectivity index (χ1n) is 7.77. The second kappa shape index (κ2) is 7.88. The molecule has 2 aromatic heterocycles. The first kappa shape index (κ1) is 17.8. The van der Waals surface area contributed by atoms with Gasteiger partial charge in [0, 0.05) is 30.6 Å². The van der Waals surface area contributed by atoms with Gasteiger partial charge < -0.3 is 5.32 Å². The molecule has 0 radical (unpaired) electrons. The van der Waals surface area contributed by atoms with Gasteiger partial charge in [0.15, 0.2) is 0 Å². The van der Waals surface area contributed by atoms with Crippen molar-refractivity contribution in [2.24, 2.45) is 0 Å². The highest BCUT2D eigenvalue weighted by Gasteiger charge is 2.15. The third-order valence-corrected chi connectivity index (χ3v) is 3.96. The van der Waals surface area contributed by atoms with Crippen molar-refractivity contribution in [2.75, 3.05) is 6.54 Å². The second-order valence-electron chi connectivity index (χ2n) is 5.37. The molecule has 132 valence electrons. The monoisotopic (exact) mass is 372 g/mol. The van der Waals surface area contributed by atoms with Gasteiger partial charge in [-0.05, 0) is 30.3 Å². The molecule has 0 unspecified atom stereocenters. The zero-order valence-corrected chi connectivity index (χ0v) is 14.3. The van der Waals surface area contributed by atoms with Gasteiger partial charge in [-0.25, -0.2) is 9.07 Å². The summed E-state index contributed by atoms with van der Waals surface area (Å²) < 4.78 is 15.0. The third kappa shape index (κ3) is 3.94. The number of halogens is 2. The molecule has 1 N–H and O–H groups in total. The predicted octanol–water partition coefficient (Wildman–Crippen LogP) is 2.53. The molecular weight excluding hydrogens is 359 g/mol. The molecule has 0 spiro atoms. The van der Waals surface area contributed by atoms with E-state index in [1.54, 1.807) is 30.6 Å². The van der Waals surface area contributed by atoms with E-state index in [0.717, 1.165) is 11.6 Å². The van der Waals surface area contributed by atoms with Gasteiger partial charge in [0.05, 0.1) is 22.8 Å². The van der Waals surface area contributed by atoms with Crippen LogP contribution >= 0.6 is 11.6 Å². The lowest BCUT2D eigenvalue weighted by molar-refractivity contribution is 0.0948. The molecule has 1 aromatic carbocycles. The van der Waals surface area contributed by atoms with Crippen molar-refractivity contribution < 1.29 is 9.18 Å². The normalized spacial score (nSPS) is 10.5. The zero-order chi connectivity index (χ0) is 18.5. The molecule has 0 aliphatic rings. The molecule has 2 heterocycles. The van der Waals surface area contributed by atoms with Crippen molar-refractivity contribution >= 4 is 17.5 Å². The highest BCUT2D eigenvalue weighted by Crippen LogP contribution is 2.18. The minimum atomic E-state index is -0.704. The number of benzene rings is 1. The van der Waals surface area contributed by atoms with E-state index >= 15 is 0 Å². The number of nitrogens with one attached hydrogen (secondary N) is 1. The average molecular weight is 373 g/mol. The van der Waals surface area contributed by atoms with Crippen molar-refractivity contribution in [3.8, 4) is 11.3 Å². The Hall–Kier alpha value is -3.06. The summed E-state index contributed by atoms with van der Waals surface area (Å²) in [5, 5.41) is 6.84. The summed E-state index contributed by atoms with van der Waals surface area (Å²) in [7, 11) is 0. The van der Waals surface area contributed by atoms with Crippen molar-refractivity contribution in [1.29, 1.82) is 0 Å². The van der Waals surface area contributed by atoms with E-state index in [1.165, 1.54) is 22.9 Å². The van der Waals surface area contributed by atoms with Gasteiger partial charge in [-0.3, -0.25) is 14.6 Å². The fourth-order valence-corrected chi connectivity index (χ4v) is 2.61. The van der Waals surface area contributed by atoms with E-state index in [-0.39, 0.29) is 29.2 Å². The van der Waals surface area contributed by atoms with Crippen LogP contribution in [0.1, 0.15) is 10.4 Å². The number of carbonyl (C=O) groups is 1. The number of amides is 1. The number of hydrogen-bond donors (Lipinski definition) is 1. The van der Waals surface area contributed by atoms with Crippen molar-refractivity contribution in [2.45, 2.75) is 6.54 Å². The Morgan fingerprint density at radius 3 is 2.65 bits per heavy atom. The second-order valence-corrected chi connectivity index (χ2v) is 5.78. The first-order chi connectivity index (χ1) is 12.6. The van der Waals surface area contributed by atoms with Gasteiger partial charge in [0.25, 0.3) is 11.5 Å². The van der Waals surface area contributed by atoms with Gasteiger partial charge in [0.2, 0.25) is 0 Å².